The van der Waals surface area contributed by atoms with Crippen molar-refractivity contribution >= 4 is 5.96 Å². The summed E-state index contributed by atoms with van der Waals surface area (Å²) in [6, 6.07) is 9.83. The first-order valence-electron chi connectivity index (χ1n) is 7.96. The van der Waals surface area contributed by atoms with Gasteiger partial charge in [-0.2, -0.15) is 0 Å². The Morgan fingerprint density at radius 3 is 2.76 bits per heavy atom. The predicted octanol–water partition coefficient (Wildman–Crippen LogP) is 2.36. The summed E-state index contributed by atoms with van der Waals surface area (Å²) in [4.78, 5) is 8.32. The summed E-state index contributed by atoms with van der Waals surface area (Å²) in [7, 11) is 3.28. The Hall–Kier alpha value is -2.83. The first kappa shape index (κ1) is 18.5. The first-order chi connectivity index (χ1) is 12.1. The van der Waals surface area contributed by atoms with Gasteiger partial charge >= 0.3 is 0 Å². The van der Waals surface area contributed by atoms with E-state index in [1.807, 2.05) is 19.1 Å². The van der Waals surface area contributed by atoms with Crippen molar-refractivity contribution in [1.29, 1.82) is 0 Å². The molecule has 0 spiro atoms. The molecule has 0 aliphatic rings. The largest absolute Gasteiger partial charge is 0.489 e. The number of nitrogens with zero attached hydrogens (tertiary/aromatic N) is 2. The zero-order valence-corrected chi connectivity index (χ0v) is 14.6. The molecule has 2 N–H and O–H groups in total. The number of aliphatic imine (C=N–C) groups is 1. The zero-order chi connectivity index (χ0) is 18.1. The van der Waals surface area contributed by atoms with Crippen molar-refractivity contribution in [1.82, 2.24) is 15.6 Å². The number of guanidine groups is 1. The van der Waals surface area contributed by atoms with Crippen molar-refractivity contribution < 1.29 is 13.9 Å². The number of rotatable bonds is 7. The Bertz CT molecular complexity index is 692. The normalized spacial score (nSPS) is 12.4. The fourth-order valence-corrected chi connectivity index (χ4v) is 2.10. The average molecular weight is 346 g/mol. The highest BCUT2D eigenvalue weighted by molar-refractivity contribution is 5.79. The van der Waals surface area contributed by atoms with E-state index in [0.29, 0.717) is 30.7 Å². The van der Waals surface area contributed by atoms with Gasteiger partial charge in [0.2, 0.25) is 5.88 Å². The highest BCUT2D eigenvalue weighted by atomic mass is 19.1. The Morgan fingerprint density at radius 1 is 1.28 bits per heavy atom. The summed E-state index contributed by atoms with van der Waals surface area (Å²) in [5.41, 5.74) is 1.01. The van der Waals surface area contributed by atoms with Crippen molar-refractivity contribution in [3.63, 3.8) is 0 Å². The van der Waals surface area contributed by atoms with E-state index in [4.69, 9.17) is 9.47 Å². The number of halogens is 1. The Morgan fingerprint density at radius 2 is 2.12 bits per heavy atom. The van der Waals surface area contributed by atoms with Crippen LogP contribution in [-0.2, 0) is 6.54 Å². The van der Waals surface area contributed by atoms with Gasteiger partial charge in [-0.1, -0.05) is 12.1 Å². The minimum atomic E-state index is -0.316. The van der Waals surface area contributed by atoms with Crippen LogP contribution in [0.2, 0.25) is 0 Å². The molecule has 0 saturated heterocycles. The lowest BCUT2D eigenvalue weighted by molar-refractivity contribution is 0.223. The van der Waals surface area contributed by atoms with Crippen LogP contribution in [-0.4, -0.2) is 37.7 Å². The molecule has 25 heavy (non-hydrogen) atoms. The van der Waals surface area contributed by atoms with Crippen LogP contribution in [0.25, 0.3) is 0 Å². The first-order valence-corrected chi connectivity index (χ1v) is 7.96. The molecule has 7 heteroatoms. The molecule has 2 rings (SSSR count). The second-order valence-corrected chi connectivity index (χ2v) is 5.40. The van der Waals surface area contributed by atoms with Crippen LogP contribution in [0.5, 0.6) is 11.6 Å². The van der Waals surface area contributed by atoms with E-state index in [1.165, 1.54) is 12.1 Å². The molecule has 0 saturated carbocycles. The van der Waals surface area contributed by atoms with E-state index in [-0.39, 0.29) is 11.9 Å². The highest BCUT2D eigenvalue weighted by Gasteiger charge is 2.06. The van der Waals surface area contributed by atoms with E-state index in [1.54, 1.807) is 32.5 Å². The summed E-state index contributed by atoms with van der Waals surface area (Å²) in [5, 5.41) is 6.37. The number of hydrogen-bond donors (Lipinski definition) is 2. The third kappa shape index (κ3) is 6.29. The van der Waals surface area contributed by atoms with Gasteiger partial charge in [0, 0.05) is 31.9 Å². The summed E-state index contributed by atoms with van der Waals surface area (Å²) in [5.74, 6) is 1.41. The van der Waals surface area contributed by atoms with Gasteiger partial charge in [-0.25, -0.2) is 9.37 Å². The molecule has 1 aromatic carbocycles. The van der Waals surface area contributed by atoms with Gasteiger partial charge in [0.15, 0.2) is 5.96 Å². The van der Waals surface area contributed by atoms with Crippen molar-refractivity contribution in [3.8, 4) is 11.6 Å². The van der Waals surface area contributed by atoms with Crippen LogP contribution < -0.4 is 20.1 Å². The fourth-order valence-electron chi connectivity index (χ4n) is 2.10. The van der Waals surface area contributed by atoms with E-state index in [9.17, 15) is 4.39 Å². The molecular weight excluding hydrogens is 323 g/mol. The van der Waals surface area contributed by atoms with Crippen LogP contribution in [0.4, 0.5) is 4.39 Å². The molecule has 134 valence electrons. The third-order valence-corrected chi connectivity index (χ3v) is 3.38. The Kier molecular flexibility index (Phi) is 7.00. The molecule has 0 aliphatic heterocycles. The van der Waals surface area contributed by atoms with E-state index in [2.05, 4.69) is 20.6 Å². The molecule has 0 fully saturated rings. The summed E-state index contributed by atoms with van der Waals surface area (Å²) in [6.45, 7) is 3.01. The number of hydrogen-bond acceptors (Lipinski definition) is 4. The summed E-state index contributed by atoms with van der Waals surface area (Å²) < 4.78 is 23.9. The van der Waals surface area contributed by atoms with Crippen LogP contribution in [0.3, 0.4) is 0 Å². The molecule has 0 bridgehead atoms. The van der Waals surface area contributed by atoms with Crippen molar-refractivity contribution in [3.05, 3.63) is 54.0 Å². The highest BCUT2D eigenvalue weighted by Crippen LogP contribution is 2.13. The zero-order valence-electron chi connectivity index (χ0n) is 14.6. The third-order valence-electron chi connectivity index (χ3n) is 3.38. The van der Waals surface area contributed by atoms with E-state index < -0.39 is 0 Å². The predicted molar refractivity (Wildman–Crippen MR) is 95.5 cm³/mol. The number of aromatic nitrogens is 1. The summed E-state index contributed by atoms with van der Waals surface area (Å²) in [6.07, 6.45) is 1.59. The maximum atomic E-state index is 13.2. The maximum Gasteiger partial charge on any atom is 0.212 e. The van der Waals surface area contributed by atoms with Crippen LogP contribution in [0.1, 0.15) is 12.5 Å². The van der Waals surface area contributed by atoms with Crippen LogP contribution in [0.15, 0.2) is 47.6 Å². The molecule has 1 aromatic heterocycles. The minimum Gasteiger partial charge on any atom is -0.489 e. The minimum absolute atomic E-state index is 0.150. The van der Waals surface area contributed by atoms with Crippen molar-refractivity contribution in [2.75, 3.05) is 20.7 Å². The SMILES string of the molecule is CN=C(NCc1ccc(OC)nc1)NCC(C)Oc1cccc(F)c1. The average Bonchev–Trinajstić information content (AvgIpc) is 2.62. The Balaban J connectivity index is 1.77. The van der Waals surface area contributed by atoms with E-state index in [0.717, 1.165) is 5.56 Å². The molecule has 0 radical (unpaired) electrons. The quantitative estimate of drug-likeness (QED) is 0.595. The van der Waals surface area contributed by atoms with Gasteiger partial charge in [-0.3, -0.25) is 4.99 Å². The second kappa shape index (κ2) is 9.46. The lowest BCUT2D eigenvalue weighted by Crippen LogP contribution is -2.41. The van der Waals surface area contributed by atoms with Crippen molar-refractivity contribution in [2.24, 2.45) is 4.99 Å². The number of benzene rings is 1. The molecule has 0 amide bonds. The molecule has 2 aromatic rings. The van der Waals surface area contributed by atoms with E-state index >= 15 is 0 Å². The monoisotopic (exact) mass is 346 g/mol. The van der Waals surface area contributed by atoms with Gasteiger partial charge in [-0.05, 0) is 24.6 Å². The molecule has 1 unspecified atom stereocenters. The lowest BCUT2D eigenvalue weighted by atomic mass is 10.3. The lowest BCUT2D eigenvalue weighted by Gasteiger charge is -2.17. The van der Waals surface area contributed by atoms with Gasteiger partial charge in [0.05, 0.1) is 13.7 Å². The number of pyridine rings is 1. The number of methoxy groups -OCH3 is 1. The number of nitrogens with one attached hydrogen (secondary N) is 2. The standard InChI is InChI=1S/C18H23FN4O2/c1-13(25-16-6-4-5-15(19)9-16)10-22-18(20-2)23-12-14-7-8-17(24-3)21-11-14/h4-9,11,13H,10,12H2,1-3H3,(H2,20,22,23). The molecule has 1 heterocycles. The molecular formula is C18H23FN4O2. The van der Waals surface area contributed by atoms with Crippen LogP contribution in [0, 0.1) is 5.82 Å². The van der Waals surface area contributed by atoms with Crippen LogP contribution >= 0.6 is 0 Å². The summed E-state index contributed by atoms with van der Waals surface area (Å²) >= 11 is 0. The van der Waals surface area contributed by atoms with Gasteiger partial charge in [0.1, 0.15) is 17.7 Å². The molecule has 0 aliphatic carbocycles. The Labute approximate surface area is 147 Å². The smallest absolute Gasteiger partial charge is 0.212 e. The van der Waals surface area contributed by atoms with Gasteiger partial charge in [0.25, 0.3) is 0 Å². The van der Waals surface area contributed by atoms with Gasteiger partial charge < -0.3 is 20.1 Å². The molecule has 6 nitrogen and oxygen atoms in total. The second-order valence-electron chi connectivity index (χ2n) is 5.40. The maximum absolute atomic E-state index is 13.2. The topological polar surface area (TPSA) is 67.8 Å². The van der Waals surface area contributed by atoms with Gasteiger partial charge in [-0.15, -0.1) is 0 Å². The number of ether oxygens (including phenoxy) is 2. The molecule has 1 atom stereocenters. The fraction of sp³-hybridized carbons (Fsp3) is 0.333. The van der Waals surface area contributed by atoms with Crippen molar-refractivity contribution in [2.45, 2.75) is 19.6 Å².